The van der Waals surface area contributed by atoms with E-state index in [1.54, 1.807) is 0 Å². The van der Waals surface area contributed by atoms with Crippen LogP contribution in [0.5, 0.6) is 0 Å². The van der Waals surface area contributed by atoms with Crippen LogP contribution in [-0.2, 0) is 23.7 Å². The zero-order valence-electron chi connectivity index (χ0n) is 29.6. The van der Waals surface area contributed by atoms with E-state index in [1.807, 2.05) is 121 Å². The molecule has 0 spiro atoms. The van der Waals surface area contributed by atoms with E-state index in [-0.39, 0.29) is 11.6 Å². The number of hydrogen-bond acceptors (Lipinski definition) is 2. The smallest absolute Gasteiger partial charge is 0.167 e. The van der Waals surface area contributed by atoms with Gasteiger partial charge in [0, 0.05) is 35.1 Å². The van der Waals surface area contributed by atoms with Crippen molar-refractivity contribution in [3.8, 4) is 23.7 Å². The molecular formula is C52H34O2. The molecule has 2 atom stereocenters. The minimum atomic E-state index is -0.966. The molecule has 0 fully saturated rings. The van der Waals surface area contributed by atoms with E-state index in [0.717, 1.165) is 55.6 Å². The molecular weight excluding hydrogens is 657 g/mol. The van der Waals surface area contributed by atoms with E-state index in [4.69, 9.17) is 0 Å². The van der Waals surface area contributed by atoms with Crippen molar-refractivity contribution in [1.82, 2.24) is 0 Å². The summed E-state index contributed by atoms with van der Waals surface area (Å²) in [6.07, 6.45) is 0.583. The normalized spacial score (nSPS) is 18.1. The fraction of sp³-hybridized carbons (Fsp3) is 0.0769. The molecule has 54 heavy (non-hydrogen) atoms. The van der Waals surface area contributed by atoms with Crippen LogP contribution in [0.3, 0.4) is 0 Å². The standard InChI is InChI=1S/C52H34O2/c53-49-35-39-19-7-11-23-45(39)51(47-25-13-9-21-43(47)49,33-31-37-15-3-1-4-16-37)41-27-29-42(30-28-41)52(34-32-38-17-5-2-6-18-38)46-24-12-8-20-40(46)36-50(54)44-22-10-14-26-48(44)52/h1-30H,35-36H2. The second-order valence-corrected chi connectivity index (χ2v) is 13.9. The Kier molecular flexibility index (Phi) is 8.23. The van der Waals surface area contributed by atoms with E-state index in [1.165, 1.54) is 0 Å². The molecule has 0 radical (unpaired) electrons. The van der Waals surface area contributed by atoms with Crippen LogP contribution in [0, 0.1) is 23.7 Å². The number of carbonyl (C=O) groups is 2. The van der Waals surface area contributed by atoms with Gasteiger partial charge in [-0.1, -0.05) is 181 Å². The Labute approximate surface area is 316 Å². The van der Waals surface area contributed by atoms with Gasteiger partial charge in [-0.05, 0) is 68.8 Å². The number of hydrogen-bond donors (Lipinski definition) is 0. The predicted octanol–water partition coefficient (Wildman–Crippen LogP) is 9.94. The van der Waals surface area contributed by atoms with E-state index in [2.05, 4.69) is 84.3 Å². The van der Waals surface area contributed by atoms with Gasteiger partial charge < -0.3 is 0 Å². The van der Waals surface area contributed by atoms with Gasteiger partial charge >= 0.3 is 0 Å². The van der Waals surface area contributed by atoms with Crippen molar-refractivity contribution in [3.05, 3.63) is 249 Å². The summed E-state index contributed by atoms with van der Waals surface area (Å²) in [5.41, 5.74) is 8.74. The van der Waals surface area contributed by atoms with Crippen molar-refractivity contribution in [2.24, 2.45) is 0 Å². The van der Waals surface area contributed by atoms with Gasteiger partial charge in [-0.2, -0.15) is 0 Å². The highest BCUT2D eigenvalue weighted by molar-refractivity contribution is 6.02. The maximum atomic E-state index is 14.0. The van der Waals surface area contributed by atoms with Crippen molar-refractivity contribution < 1.29 is 9.59 Å². The molecule has 2 aliphatic rings. The summed E-state index contributed by atoms with van der Waals surface area (Å²) in [5.74, 6) is 14.7. The van der Waals surface area contributed by atoms with Crippen molar-refractivity contribution in [3.63, 3.8) is 0 Å². The monoisotopic (exact) mass is 690 g/mol. The van der Waals surface area contributed by atoms with Crippen LogP contribution in [-0.4, -0.2) is 11.6 Å². The number of Topliss-reactive ketones (excluding diaryl/α,β-unsaturated/α-hetero) is 2. The topological polar surface area (TPSA) is 34.1 Å². The van der Waals surface area contributed by atoms with Crippen LogP contribution in [0.4, 0.5) is 0 Å². The lowest BCUT2D eigenvalue weighted by Crippen LogP contribution is -2.31. The fourth-order valence-corrected chi connectivity index (χ4v) is 8.39. The summed E-state index contributed by atoms with van der Waals surface area (Å²) in [5, 5.41) is 0. The summed E-state index contributed by atoms with van der Waals surface area (Å²) in [4.78, 5) is 27.9. The minimum Gasteiger partial charge on any atom is -0.294 e. The third-order valence-electron chi connectivity index (χ3n) is 10.9. The highest BCUT2D eigenvalue weighted by Gasteiger charge is 2.44. The molecule has 9 rings (SSSR count). The first-order valence-corrected chi connectivity index (χ1v) is 18.3. The Morgan fingerprint density at radius 2 is 0.685 bits per heavy atom. The van der Waals surface area contributed by atoms with Crippen molar-refractivity contribution in [1.29, 1.82) is 0 Å². The first-order valence-electron chi connectivity index (χ1n) is 18.3. The Morgan fingerprint density at radius 3 is 1.09 bits per heavy atom. The summed E-state index contributed by atoms with van der Waals surface area (Å²) in [7, 11) is 0. The molecule has 2 aliphatic carbocycles. The highest BCUT2D eigenvalue weighted by atomic mass is 16.1. The molecule has 2 heteroatoms. The fourth-order valence-electron chi connectivity index (χ4n) is 8.39. The van der Waals surface area contributed by atoms with Gasteiger partial charge in [-0.3, -0.25) is 9.59 Å². The number of carbonyl (C=O) groups excluding carboxylic acids is 2. The molecule has 7 aromatic carbocycles. The quantitative estimate of drug-likeness (QED) is 0.169. The minimum absolute atomic E-state index is 0.0736. The van der Waals surface area contributed by atoms with Gasteiger partial charge in [-0.15, -0.1) is 0 Å². The molecule has 0 saturated heterocycles. The summed E-state index contributed by atoms with van der Waals surface area (Å²) in [6, 6.07) is 60.9. The van der Waals surface area contributed by atoms with E-state index < -0.39 is 10.8 Å². The summed E-state index contributed by atoms with van der Waals surface area (Å²) < 4.78 is 0. The predicted molar refractivity (Wildman–Crippen MR) is 215 cm³/mol. The Hall–Kier alpha value is -7.00. The highest BCUT2D eigenvalue weighted by Crippen LogP contribution is 2.48. The Balaban J connectivity index is 1.35. The molecule has 2 unspecified atom stereocenters. The molecule has 254 valence electrons. The molecule has 0 aromatic heterocycles. The first-order chi connectivity index (χ1) is 26.6. The lowest BCUT2D eigenvalue weighted by molar-refractivity contribution is 0.0984. The SMILES string of the molecule is O=C1Cc2ccccc2C(C#Cc2ccccc2)(c2ccc(C3(C#Cc4ccccc4)c4ccccc4CC(=O)c4ccccc43)cc2)c2ccccc21. The lowest BCUT2D eigenvalue weighted by atomic mass is 9.65. The zero-order chi connectivity index (χ0) is 36.5. The van der Waals surface area contributed by atoms with Crippen LogP contribution in [0.15, 0.2) is 182 Å². The van der Waals surface area contributed by atoms with Gasteiger partial charge in [0.15, 0.2) is 11.6 Å². The van der Waals surface area contributed by atoms with Crippen molar-refractivity contribution >= 4 is 11.6 Å². The van der Waals surface area contributed by atoms with Crippen LogP contribution < -0.4 is 0 Å². The largest absolute Gasteiger partial charge is 0.294 e. The van der Waals surface area contributed by atoms with Gasteiger partial charge in [0.05, 0.1) is 0 Å². The number of rotatable bonds is 2. The molecule has 0 saturated carbocycles. The van der Waals surface area contributed by atoms with Crippen molar-refractivity contribution in [2.75, 3.05) is 0 Å². The van der Waals surface area contributed by atoms with E-state index in [0.29, 0.717) is 24.0 Å². The van der Waals surface area contributed by atoms with Crippen LogP contribution >= 0.6 is 0 Å². The van der Waals surface area contributed by atoms with Crippen molar-refractivity contribution in [2.45, 2.75) is 23.7 Å². The lowest BCUT2D eigenvalue weighted by Gasteiger charge is -2.35. The number of fused-ring (bicyclic) bond motifs is 4. The molecule has 0 heterocycles. The second kappa shape index (κ2) is 13.5. The van der Waals surface area contributed by atoms with E-state index in [9.17, 15) is 9.59 Å². The van der Waals surface area contributed by atoms with Gasteiger partial charge in [-0.25, -0.2) is 0 Å². The van der Waals surface area contributed by atoms with Crippen LogP contribution in [0.25, 0.3) is 0 Å². The average molecular weight is 691 g/mol. The molecule has 0 amide bonds. The zero-order valence-corrected chi connectivity index (χ0v) is 29.6. The van der Waals surface area contributed by atoms with Crippen LogP contribution in [0.2, 0.25) is 0 Å². The molecule has 0 bridgehead atoms. The number of benzene rings is 7. The average Bonchev–Trinajstić information content (AvgIpc) is 3.41. The Bertz CT molecular complexity index is 2510. The van der Waals surface area contributed by atoms with E-state index >= 15 is 0 Å². The van der Waals surface area contributed by atoms with Gasteiger partial charge in [0.1, 0.15) is 10.8 Å². The first kappa shape index (κ1) is 32.9. The Morgan fingerprint density at radius 1 is 0.352 bits per heavy atom. The molecule has 0 N–H and O–H groups in total. The van der Waals surface area contributed by atoms with Gasteiger partial charge in [0.2, 0.25) is 0 Å². The maximum Gasteiger partial charge on any atom is 0.167 e. The molecule has 7 aromatic rings. The van der Waals surface area contributed by atoms with Gasteiger partial charge in [0.25, 0.3) is 0 Å². The van der Waals surface area contributed by atoms with Crippen LogP contribution in [0.1, 0.15) is 76.4 Å². The third kappa shape index (κ3) is 5.40. The molecule has 2 nitrogen and oxygen atoms in total. The number of ketones is 2. The summed E-state index contributed by atoms with van der Waals surface area (Å²) >= 11 is 0. The summed E-state index contributed by atoms with van der Waals surface area (Å²) in [6.45, 7) is 0. The third-order valence-corrected chi connectivity index (χ3v) is 10.9. The molecule has 0 aliphatic heterocycles. The second-order valence-electron chi connectivity index (χ2n) is 13.9. The maximum absolute atomic E-state index is 14.0.